The predicted molar refractivity (Wildman–Crippen MR) is 110 cm³/mol. The lowest BCUT2D eigenvalue weighted by molar-refractivity contribution is -0.137. The van der Waals surface area contributed by atoms with E-state index in [0.717, 1.165) is 48.6 Å². The molecule has 0 amide bonds. The molecule has 2 heterocycles. The molecular formula is C20H23F3N4S. The number of benzene rings is 1. The van der Waals surface area contributed by atoms with Gasteiger partial charge in [0, 0.05) is 30.5 Å². The van der Waals surface area contributed by atoms with Crippen molar-refractivity contribution >= 4 is 28.8 Å². The summed E-state index contributed by atoms with van der Waals surface area (Å²) in [6, 6.07) is 9.19. The highest BCUT2D eigenvalue weighted by atomic mass is 32.1. The molecule has 2 aromatic rings. The maximum absolute atomic E-state index is 12.7. The fraction of sp³-hybridized carbons (Fsp3) is 0.400. The number of pyridine rings is 1. The first-order valence-electron chi connectivity index (χ1n) is 9.16. The van der Waals surface area contributed by atoms with Gasteiger partial charge in [0.1, 0.15) is 5.82 Å². The zero-order valence-electron chi connectivity index (χ0n) is 15.8. The van der Waals surface area contributed by atoms with Crippen LogP contribution in [0.3, 0.4) is 0 Å². The monoisotopic (exact) mass is 408 g/mol. The Hall–Kier alpha value is -2.35. The van der Waals surface area contributed by atoms with Crippen LogP contribution in [-0.2, 0) is 6.18 Å². The molecule has 1 fully saturated rings. The number of likely N-dealkylation sites (tertiary alicyclic amines) is 1. The van der Waals surface area contributed by atoms with Gasteiger partial charge in [-0.05, 0) is 80.9 Å². The Kier molecular flexibility index (Phi) is 6.07. The molecule has 1 aliphatic rings. The van der Waals surface area contributed by atoms with Crippen LogP contribution in [0, 0.1) is 13.8 Å². The highest BCUT2D eigenvalue weighted by molar-refractivity contribution is 7.80. The van der Waals surface area contributed by atoms with E-state index in [2.05, 4.69) is 20.5 Å². The second-order valence-electron chi connectivity index (χ2n) is 7.11. The van der Waals surface area contributed by atoms with Crippen LogP contribution in [0.2, 0.25) is 0 Å². The van der Waals surface area contributed by atoms with Crippen molar-refractivity contribution in [3.63, 3.8) is 0 Å². The number of aryl methyl sites for hydroxylation is 2. The minimum absolute atomic E-state index is 0.109. The van der Waals surface area contributed by atoms with Crippen molar-refractivity contribution in [2.24, 2.45) is 0 Å². The van der Waals surface area contributed by atoms with Gasteiger partial charge in [-0.15, -0.1) is 0 Å². The van der Waals surface area contributed by atoms with E-state index >= 15 is 0 Å². The summed E-state index contributed by atoms with van der Waals surface area (Å²) in [5.41, 5.74) is 2.06. The van der Waals surface area contributed by atoms with Gasteiger partial charge in [-0.3, -0.25) is 0 Å². The summed E-state index contributed by atoms with van der Waals surface area (Å²) < 4.78 is 38.1. The van der Waals surface area contributed by atoms with Gasteiger partial charge >= 0.3 is 6.18 Å². The number of alkyl halides is 3. The van der Waals surface area contributed by atoms with Crippen molar-refractivity contribution in [3.05, 3.63) is 53.2 Å². The van der Waals surface area contributed by atoms with E-state index in [1.165, 1.54) is 12.1 Å². The fourth-order valence-corrected chi connectivity index (χ4v) is 3.63. The summed E-state index contributed by atoms with van der Waals surface area (Å²) >= 11 is 5.54. The number of halogens is 3. The number of anilines is 2. The van der Waals surface area contributed by atoms with Crippen molar-refractivity contribution < 1.29 is 13.2 Å². The molecule has 4 nitrogen and oxygen atoms in total. The summed E-state index contributed by atoms with van der Waals surface area (Å²) in [6.45, 7) is 5.46. The SMILES string of the molecule is Cc1cc(C)nc(NC(=S)N2CCCC(Nc3ccc(C(F)(F)F)cc3)C2)c1. The van der Waals surface area contributed by atoms with Crippen LogP contribution in [0.1, 0.15) is 29.7 Å². The second kappa shape index (κ2) is 8.34. The Bertz CT molecular complexity index is 816. The first kappa shape index (κ1) is 20.4. The molecule has 1 atom stereocenters. The average Bonchev–Trinajstić information content (AvgIpc) is 2.61. The number of piperidine rings is 1. The molecular weight excluding hydrogens is 385 g/mol. The number of rotatable bonds is 3. The molecule has 150 valence electrons. The van der Waals surface area contributed by atoms with Gasteiger partial charge in [-0.2, -0.15) is 13.2 Å². The van der Waals surface area contributed by atoms with E-state index in [0.29, 0.717) is 17.3 Å². The predicted octanol–water partition coefficient (Wildman–Crippen LogP) is 4.99. The molecule has 3 rings (SSSR count). The van der Waals surface area contributed by atoms with Crippen molar-refractivity contribution in [1.29, 1.82) is 0 Å². The van der Waals surface area contributed by atoms with E-state index in [9.17, 15) is 13.2 Å². The van der Waals surface area contributed by atoms with Gasteiger partial charge in [-0.25, -0.2) is 4.98 Å². The van der Waals surface area contributed by atoms with E-state index in [1.54, 1.807) is 0 Å². The van der Waals surface area contributed by atoms with E-state index in [1.807, 2.05) is 26.0 Å². The highest BCUT2D eigenvalue weighted by Gasteiger charge is 2.30. The van der Waals surface area contributed by atoms with Crippen LogP contribution in [0.4, 0.5) is 24.7 Å². The normalized spacial score (nSPS) is 17.3. The highest BCUT2D eigenvalue weighted by Crippen LogP contribution is 2.30. The van der Waals surface area contributed by atoms with Crippen LogP contribution in [-0.4, -0.2) is 34.1 Å². The maximum Gasteiger partial charge on any atom is 0.416 e. The van der Waals surface area contributed by atoms with Gasteiger partial charge in [0.25, 0.3) is 0 Å². The van der Waals surface area contributed by atoms with Gasteiger partial charge in [0.2, 0.25) is 0 Å². The van der Waals surface area contributed by atoms with Gasteiger partial charge in [0.15, 0.2) is 5.11 Å². The number of nitrogens with one attached hydrogen (secondary N) is 2. The molecule has 1 aliphatic heterocycles. The van der Waals surface area contributed by atoms with Crippen LogP contribution < -0.4 is 10.6 Å². The fourth-order valence-electron chi connectivity index (χ4n) is 3.36. The summed E-state index contributed by atoms with van der Waals surface area (Å²) in [4.78, 5) is 6.52. The molecule has 2 N–H and O–H groups in total. The first-order valence-corrected chi connectivity index (χ1v) is 9.56. The third-order valence-corrected chi connectivity index (χ3v) is 4.98. The van der Waals surface area contributed by atoms with Gasteiger partial charge in [-0.1, -0.05) is 0 Å². The number of aromatic nitrogens is 1. The Morgan fingerprint density at radius 3 is 2.54 bits per heavy atom. The lowest BCUT2D eigenvalue weighted by Gasteiger charge is -2.35. The largest absolute Gasteiger partial charge is 0.416 e. The number of hydrogen-bond donors (Lipinski definition) is 2. The zero-order valence-corrected chi connectivity index (χ0v) is 16.6. The first-order chi connectivity index (χ1) is 13.2. The van der Waals surface area contributed by atoms with Crippen molar-refractivity contribution in [1.82, 2.24) is 9.88 Å². The lowest BCUT2D eigenvalue weighted by Crippen LogP contribution is -2.46. The van der Waals surface area contributed by atoms with Crippen LogP contribution in [0.25, 0.3) is 0 Å². The molecule has 1 unspecified atom stereocenters. The molecule has 28 heavy (non-hydrogen) atoms. The average molecular weight is 408 g/mol. The Balaban J connectivity index is 1.59. The maximum atomic E-state index is 12.7. The standard InChI is InChI=1S/C20H23F3N4S/c1-13-10-14(2)24-18(11-13)26-19(28)27-9-3-4-17(12-27)25-16-7-5-15(6-8-16)20(21,22)23/h5-8,10-11,17,25H,3-4,9,12H2,1-2H3,(H,24,26,28). The lowest BCUT2D eigenvalue weighted by atomic mass is 10.1. The van der Waals surface area contributed by atoms with Crippen molar-refractivity contribution in [2.45, 2.75) is 38.9 Å². The molecule has 0 bridgehead atoms. The summed E-state index contributed by atoms with van der Waals surface area (Å²) in [5.74, 6) is 0.723. The van der Waals surface area contributed by atoms with Gasteiger partial charge in [0.05, 0.1) is 5.56 Å². The third kappa shape index (κ3) is 5.34. The van der Waals surface area contributed by atoms with Crippen molar-refractivity contribution in [2.75, 3.05) is 23.7 Å². The second-order valence-corrected chi connectivity index (χ2v) is 7.49. The zero-order chi connectivity index (χ0) is 20.3. The van der Waals surface area contributed by atoms with E-state index < -0.39 is 11.7 Å². The molecule has 8 heteroatoms. The number of hydrogen-bond acceptors (Lipinski definition) is 3. The van der Waals surface area contributed by atoms with Crippen LogP contribution in [0.15, 0.2) is 36.4 Å². The third-order valence-electron chi connectivity index (χ3n) is 4.62. The number of nitrogens with zero attached hydrogens (tertiary/aromatic N) is 2. The quantitative estimate of drug-likeness (QED) is 0.700. The summed E-state index contributed by atoms with van der Waals surface area (Å²) in [5, 5.41) is 7.12. The summed E-state index contributed by atoms with van der Waals surface area (Å²) in [6.07, 6.45) is -2.44. The summed E-state index contributed by atoms with van der Waals surface area (Å²) in [7, 11) is 0. The molecule has 1 aromatic carbocycles. The van der Waals surface area contributed by atoms with Crippen molar-refractivity contribution in [3.8, 4) is 0 Å². The topological polar surface area (TPSA) is 40.2 Å². The minimum Gasteiger partial charge on any atom is -0.381 e. The Labute approximate surface area is 168 Å². The van der Waals surface area contributed by atoms with Crippen LogP contribution in [0.5, 0.6) is 0 Å². The minimum atomic E-state index is -4.32. The molecule has 0 aliphatic carbocycles. The Morgan fingerprint density at radius 2 is 1.89 bits per heavy atom. The Morgan fingerprint density at radius 1 is 1.18 bits per heavy atom. The van der Waals surface area contributed by atoms with E-state index in [-0.39, 0.29) is 6.04 Å². The molecule has 0 saturated carbocycles. The molecule has 1 aromatic heterocycles. The molecule has 0 spiro atoms. The van der Waals surface area contributed by atoms with E-state index in [4.69, 9.17) is 12.2 Å². The van der Waals surface area contributed by atoms with Crippen LogP contribution >= 0.6 is 12.2 Å². The molecule has 1 saturated heterocycles. The smallest absolute Gasteiger partial charge is 0.381 e. The van der Waals surface area contributed by atoms with Gasteiger partial charge < -0.3 is 15.5 Å². The molecule has 0 radical (unpaired) electrons. The number of thiocarbonyl (C=S) groups is 1.